The van der Waals surface area contributed by atoms with Crippen LogP contribution in [0.5, 0.6) is 0 Å². The van der Waals surface area contributed by atoms with Crippen LogP contribution >= 0.6 is 0 Å². The summed E-state index contributed by atoms with van der Waals surface area (Å²) in [5.74, 6) is 3.15. The maximum absolute atomic E-state index is 6.51. The van der Waals surface area contributed by atoms with Crippen LogP contribution in [0.2, 0.25) is 5.31 Å². The smallest absolute Gasteiger partial charge is 0.0754 e. The highest BCUT2D eigenvalue weighted by Gasteiger charge is 2.31. The van der Waals surface area contributed by atoms with E-state index in [1.807, 2.05) is 6.08 Å². The van der Waals surface area contributed by atoms with Crippen molar-refractivity contribution in [3.8, 4) is 12.3 Å². The molecule has 0 N–H and O–H groups in total. The zero-order valence-electron chi connectivity index (χ0n) is 10.7. The topological polar surface area (TPSA) is 0 Å². The maximum atomic E-state index is 6.51. The second-order valence-corrected chi connectivity index (χ2v) is 5.07. The molecule has 84 valence electrons. The highest BCUT2D eigenvalue weighted by molar-refractivity contribution is 6.15. The van der Waals surface area contributed by atoms with Gasteiger partial charge in [0.15, 0.2) is 0 Å². The highest BCUT2D eigenvalue weighted by atomic mass is 14.3. The van der Waals surface area contributed by atoms with Gasteiger partial charge in [-0.1, -0.05) is 37.6 Å². The van der Waals surface area contributed by atoms with Crippen LogP contribution < -0.4 is 0 Å². The fourth-order valence-electron chi connectivity index (χ4n) is 2.37. The van der Waals surface area contributed by atoms with E-state index in [0.29, 0.717) is 5.92 Å². The number of rotatable bonds is 1. The van der Waals surface area contributed by atoms with Crippen LogP contribution in [-0.2, 0) is 0 Å². The van der Waals surface area contributed by atoms with Crippen LogP contribution in [0.3, 0.4) is 0 Å². The van der Waals surface area contributed by atoms with Crippen LogP contribution in [0.4, 0.5) is 0 Å². The van der Waals surface area contributed by atoms with Gasteiger partial charge in [-0.25, -0.2) is 0 Å². The minimum atomic E-state index is -0.0635. The van der Waals surface area contributed by atoms with Gasteiger partial charge in [-0.2, -0.15) is 0 Å². The van der Waals surface area contributed by atoms with Crippen LogP contribution in [0, 0.1) is 18.3 Å². The van der Waals surface area contributed by atoms with E-state index in [1.165, 1.54) is 11.1 Å². The second kappa shape index (κ2) is 5.44. The SMILES string of the molecule is [B]C1(C(C)C)CCCC(=C/C#C)/C(=C\C)C1. The lowest BCUT2D eigenvalue weighted by molar-refractivity contribution is 0.383. The van der Waals surface area contributed by atoms with Crippen LogP contribution in [0.25, 0.3) is 0 Å². The molecule has 1 heteroatoms. The Bertz CT molecular complexity index is 341. The fourth-order valence-corrected chi connectivity index (χ4v) is 2.37. The van der Waals surface area contributed by atoms with Crippen molar-refractivity contribution in [2.45, 2.75) is 51.8 Å². The van der Waals surface area contributed by atoms with Gasteiger partial charge in [0.05, 0.1) is 7.85 Å². The van der Waals surface area contributed by atoms with Crippen molar-refractivity contribution in [1.29, 1.82) is 0 Å². The second-order valence-electron chi connectivity index (χ2n) is 5.07. The minimum absolute atomic E-state index is 0.0635. The molecule has 0 bridgehead atoms. The van der Waals surface area contributed by atoms with E-state index in [2.05, 4.69) is 32.8 Å². The lowest BCUT2D eigenvalue weighted by Crippen LogP contribution is -2.19. The van der Waals surface area contributed by atoms with Crippen LogP contribution in [0.1, 0.15) is 46.5 Å². The number of allylic oxidation sites excluding steroid dienone is 4. The number of terminal acetylenes is 1. The predicted molar refractivity (Wildman–Crippen MR) is 72.4 cm³/mol. The molecule has 0 aromatic rings. The van der Waals surface area contributed by atoms with E-state index in [9.17, 15) is 0 Å². The molecule has 2 radical (unpaired) electrons. The molecule has 0 amide bonds. The van der Waals surface area contributed by atoms with Gasteiger partial charge < -0.3 is 0 Å². The average Bonchev–Trinajstić information content (AvgIpc) is 2.40. The predicted octanol–water partition coefficient (Wildman–Crippen LogP) is 4.05. The van der Waals surface area contributed by atoms with E-state index < -0.39 is 0 Å². The van der Waals surface area contributed by atoms with Crippen molar-refractivity contribution >= 4 is 7.85 Å². The third-order valence-electron chi connectivity index (χ3n) is 3.78. The standard InChI is InChI=1S/C15H21B/c1-5-8-14-9-7-10-15(16,12(3)4)11-13(14)6-2/h1,6,8,12H,7,9-11H2,2-4H3/b13-6-,14-8-. The molecule has 0 saturated heterocycles. The summed E-state index contributed by atoms with van der Waals surface area (Å²) in [5.41, 5.74) is 2.64. The van der Waals surface area contributed by atoms with E-state index >= 15 is 0 Å². The van der Waals surface area contributed by atoms with Crippen molar-refractivity contribution in [2.24, 2.45) is 5.92 Å². The summed E-state index contributed by atoms with van der Waals surface area (Å²) in [6, 6.07) is 0. The Morgan fingerprint density at radius 2 is 2.12 bits per heavy atom. The molecular formula is C15H21B. The molecule has 1 aliphatic carbocycles. The van der Waals surface area contributed by atoms with Gasteiger partial charge in [0.2, 0.25) is 0 Å². The zero-order valence-corrected chi connectivity index (χ0v) is 10.7. The largest absolute Gasteiger partial charge is 0.115 e. The Morgan fingerprint density at radius 1 is 1.44 bits per heavy atom. The van der Waals surface area contributed by atoms with Crippen molar-refractivity contribution in [2.75, 3.05) is 0 Å². The Kier molecular flexibility index (Phi) is 4.48. The molecule has 1 atom stereocenters. The summed E-state index contributed by atoms with van der Waals surface area (Å²) in [6.45, 7) is 6.50. The Balaban J connectivity index is 3.00. The molecule has 1 fully saturated rings. The minimum Gasteiger partial charge on any atom is -0.115 e. The summed E-state index contributed by atoms with van der Waals surface area (Å²) >= 11 is 0. The number of hydrogen-bond acceptors (Lipinski definition) is 0. The first kappa shape index (κ1) is 13.2. The van der Waals surface area contributed by atoms with Crippen molar-refractivity contribution in [3.05, 3.63) is 23.3 Å². The van der Waals surface area contributed by atoms with Gasteiger partial charge in [-0.3, -0.25) is 0 Å². The monoisotopic (exact) mass is 212 g/mol. The molecule has 1 unspecified atom stereocenters. The van der Waals surface area contributed by atoms with Crippen molar-refractivity contribution < 1.29 is 0 Å². The third-order valence-corrected chi connectivity index (χ3v) is 3.78. The van der Waals surface area contributed by atoms with Crippen LogP contribution in [-0.4, -0.2) is 7.85 Å². The third kappa shape index (κ3) is 2.82. The first-order valence-corrected chi connectivity index (χ1v) is 6.13. The number of hydrogen-bond donors (Lipinski definition) is 0. The molecule has 0 aliphatic heterocycles. The Labute approximate surface area is 102 Å². The molecule has 0 spiro atoms. The summed E-state index contributed by atoms with van der Waals surface area (Å²) in [6.07, 6.45) is 13.7. The van der Waals surface area contributed by atoms with Gasteiger partial charge >= 0.3 is 0 Å². The van der Waals surface area contributed by atoms with Gasteiger partial charge in [-0.15, -0.1) is 6.42 Å². The normalized spacial score (nSPS) is 31.7. The first-order valence-electron chi connectivity index (χ1n) is 6.13. The molecule has 1 aliphatic rings. The van der Waals surface area contributed by atoms with E-state index in [-0.39, 0.29) is 5.31 Å². The molecule has 0 aromatic heterocycles. The fraction of sp³-hybridized carbons (Fsp3) is 0.600. The molecule has 1 saturated carbocycles. The van der Waals surface area contributed by atoms with E-state index in [4.69, 9.17) is 14.3 Å². The first-order chi connectivity index (χ1) is 7.53. The van der Waals surface area contributed by atoms with Gasteiger partial charge in [-0.05, 0) is 49.3 Å². The lowest BCUT2D eigenvalue weighted by atomic mass is 9.57. The molecule has 0 heterocycles. The Morgan fingerprint density at radius 3 is 2.62 bits per heavy atom. The summed E-state index contributed by atoms with van der Waals surface area (Å²) in [4.78, 5) is 0. The van der Waals surface area contributed by atoms with Gasteiger partial charge in [0, 0.05) is 0 Å². The summed E-state index contributed by atoms with van der Waals surface area (Å²) in [5, 5.41) is -0.0635. The van der Waals surface area contributed by atoms with Gasteiger partial charge in [0.25, 0.3) is 0 Å². The van der Waals surface area contributed by atoms with Crippen LogP contribution in [0.15, 0.2) is 23.3 Å². The Hall–Kier alpha value is -0.895. The summed E-state index contributed by atoms with van der Waals surface area (Å²) in [7, 11) is 6.51. The zero-order chi connectivity index (χ0) is 12.2. The molecule has 0 nitrogen and oxygen atoms in total. The molecule has 1 rings (SSSR count). The highest BCUT2D eigenvalue weighted by Crippen LogP contribution is 2.48. The maximum Gasteiger partial charge on any atom is 0.0754 e. The summed E-state index contributed by atoms with van der Waals surface area (Å²) < 4.78 is 0. The quantitative estimate of drug-likeness (QED) is 0.349. The average molecular weight is 212 g/mol. The van der Waals surface area contributed by atoms with E-state index in [1.54, 1.807) is 0 Å². The molecular weight excluding hydrogens is 191 g/mol. The molecule has 16 heavy (non-hydrogen) atoms. The van der Waals surface area contributed by atoms with Crippen molar-refractivity contribution in [3.63, 3.8) is 0 Å². The molecule has 0 aromatic carbocycles. The lowest BCUT2D eigenvalue weighted by Gasteiger charge is -2.33. The van der Waals surface area contributed by atoms with E-state index in [0.717, 1.165) is 25.7 Å². The van der Waals surface area contributed by atoms with Gasteiger partial charge in [0.1, 0.15) is 0 Å². The van der Waals surface area contributed by atoms with Crippen molar-refractivity contribution in [1.82, 2.24) is 0 Å².